The van der Waals surface area contributed by atoms with Gasteiger partial charge in [-0.2, -0.15) is 5.10 Å². The number of aryl methyl sites for hydroxylation is 1. The third-order valence-corrected chi connectivity index (χ3v) is 11.6. The van der Waals surface area contributed by atoms with Gasteiger partial charge in [-0.15, -0.1) is 0 Å². The van der Waals surface area contributed by atoms with Gasteiger partial charge >= 0.3 is 12.0 Å². The molecule has 0 saturated carbocycles. The number of likely N-dealkylation sites (N-methyl/N-ethyl adjacent to an activating group) is 1. The van der Waals surface area contributed by atoms with Gasteiger partial charge in [-0.25, -0.2) is 4.79 Å². The number of nitrogens with one attached hydrogen (secondary N) is 3. The van der Waals surface area contributed by atoms with Crippen LogP contribution in [0.2, 0.25) is 0 Å². The van der Waals surface area contributed by atoms with Gasteiger partial charge in [-0.05, 0) is 100 Å². The number of benzene rings is 2. The number of hydrogen-bond donors (Lipinski definition) is 3. The molecule has 54 heavy (non-hydrogen) atoms. The molecule has 2 aromatic carbocycles. The maximum Gasteiger partial charge on any atom is 0.321 e. The fraction of sp³-hybridized carbons (Fsp3) is 0.525. The molecule has 3 fully saturated rings. The van der Waals surface area contributed by atoms with Gasteiger partial charge in [0.2, 0.25) is 5.91 Å². The predicted octanol–water partition coefficient (Wildman–Crippen LogP) is 2.65. The Morgan fingerprint density at radius 1 is 0.926 bits per heavy atom. The van der Waals surface area contributed by atoms with Crippen molar-refractivity contribution in [2.24, 2.45) is 0 Å². The summed E-state index contributed by atoms with van der Waals surface area (Å²) in [6, 6.07) is 13.2. The first-order valence-corrected chi connectivity index (χ1v) is 19.3. The Kier molecular flexibility index (Phi) is 11.6. The Bertz CT molecular complexity index is 2020. The minimum Gasteiger partial charge on any atom is -0.443 e. The van der Waals surface area contributed by atoms with E-state index in [1.165, 1.54) is 4.57 Å². The number of esters is 1. The van der Waals surface area contributed by atoms with E-state index in [1.807, 2.05) is 48.2 Å². The lowest BCUT2D eigenvalue weighted by atomic mass is 9.89. The fourth-order valence-electron chi connectivity index (χ4n) is 8.49. The van der Waals surface area contributed by atoms with E-state index in [0.29, 0.717) is 62.6 Å². The van der Waals surface area contributed by atoms with Crippen LogP contribution in [0, 0.1) is 6.92 Å². The Morgan fingerprint density at radius 2 is 1.67 bits per heavy atom. The Hall–Kier alpha value is -4.79. The van der Waals surface area contributed by atoms with Crippen LogP contribution in [0.5, 0.6) is 0 Å². The van der Waals surface area contributed by atoms with Crippen LogP contribution in [-0.4, -0.2) is 137 Å². The summed E-state index contributed by atoms with van der Waals surface area (Å²) in [5, 5.41) is 15.0. The first-order chi connectivity index (χ1) is 26.2. The molecule has 0 spiro atoms. The quantitative estimate of drug-likeness (QED) is 0.209. The summed E-state index contributed by atoms with van der Waals surface area (Å²) in [5.74, 6) is -0.575. The van der Waals surface area contributed by atoms with Crippen molar-refractivity contribution in [3.8, 4) is 0 Å². The fourth-order valence-corrected chi connectivity index (χ4v) is 8.49. The van der Waals surface area contributed by atoms with Gasteiger partial charge in [0.15, 0.2) is 6.73 Å². The molecular formula is C40H53N9O5. The first-order valence-electron chi connectivity index (χ1n) is 19.3. The Labute approximate surface area is 315 Å². The smallest absolute Gasteiger partial charge is 0.321 e. The highest BCUT2D eigenvalue weighted by Crippen LogP contribution is 2.29. The molecule has 0 aliphatic carbocycles. The van der Waals surface area contributed by atoms with Crippen LogP contribution in [0.3, 0.4) is 0 Å². The normalized spacial score (nSPS) is 18.6. The molecule has 14 nitrogen and oxygen atoms in total. The van der Waals surface area contributed by atoms with Crippen LogP contribution in [-0.2, 0) is 27.5 Å². The summed E-state index contributed by atoms with van der Waals surface area (Å²) >= 11 is 0. The molecule has 3 aliphatic rings. The molecule has 3 amide bonds. The van der Waals surface area contributed by atoms with Crippen LogP contribution < -0.4 is 16.2 Å². The number of nitrogens with zero attached hydrogens (tertiary/aromatic N) is 6. The van der Waals surface area contributed by atoms with Crippen LogP contribution in [0.15, 0.2) is 53.5 Å². The summed E-state index contributed by atoms with van der Waals surface area (Å²) < 4.78 is 6.93. The molecule has 5 heterocycles. The number of aromatic amines is 1. The lowest BCUT2D eigenvalue weighted by Gasteiger charge is -2.43. The SMILES string of the molecule is CNCC(=O)OCn1c(=O)c(C2CCN(C(=O)NC(Cc3cc(C)c4[nH]ncc4c3)C(=O)N3CCN(C4CCN(C)CC4)CC3)CC2)cc2ccccc21. The van der Waals surface area contributed by atoms with Gasteiger partial charge in [0, 0.05) is 62.7 Å². The van der Waals surface area contributed by atoms with Crippen LogP contribution in [0.4, 0.5) is 4.79 Å². The molecule has 1 atom stereocenters. The number of carbonyl (C=O) groups excluding carboxylic acids is 3. The highest BCUT2D eigenvalue weighted by molar-refractivity contribution is 5.88. The molecule has 3 N–H and O–H groups in total. The van der Waals surface area contributed by atoms with Gasteiger partial charge in [0.05, 0.1) is 23.8 Å². The van der Waals surface area contributed by atoms with Crippen LogP contribution in [0.25, 0.3) is 21.8 Å². The number of piperidine rings is 2. The highest BCUT2D eigenvalue weighted by atomic mass is 16.5. The number of likely N-dealkylation sites (tertiary alicyclic amines) is 2. The number of fused-ring (bicyclic) bond motifs is 2. The lowest BCUT2D eigenvalue weighted by Crippen LogP contribution is -2.59. The number of pyridine rings is 1. The summed E-state index contributed by atoms with van der Waals surface area (Å²) in [4.78, 5) is 62.8. The molecule has 3 saturated heterocycles. The van der Waals surface area contributed by atoms with Crippen molar-refractivity contribution in [3.63, 3.8) is 0 Å². The number of para-hydroxylation sites is 1. The van der Waals surface area contributed by atoms with Gasteiger partial charge in [0.1, 0.15) is 6.04 Å². The topological polar surface area (TPSA) is 148 Å². The number of aromatic nitrogens is 3. The largest absolute Gasteiger partial charge is 0.443 e. The monoisotopic (exact) mass is 739 g/mol. The summed E-state index contributed by atoms with van der Waals surface area (Å²) in [6.07, 6.45) is 5.64. The maximum atomic E-state index is 14.3. The third-order valence-electron chi connectivity index (χ3n) is 11.6. The number of amides is 3. The van der Waals surface area contributed by atoms with E-state index in [2.05, 4.69) is 43.7 Å². The summed E-state index contributed by atoms with van der Waals surface area (Å²) in [5.41, 5.74) is 4.12. The van der Waals surface area contributed by atoms with Gasteiger partial charge in [-0.1, -0.05) is 24.3 Å². The molecule has 0 radical (unpaired) electrons. The molecule has 288 valence electrons. The number of urea groups is 1. The lowest BCUT2D eigenvalue weighted by molar-refractivity contribution is -0.146. The number of ether oxygens (including phenoxy) is 1. The zero-order chi connectivity index (χ0) is 37.8. The molecule has 3 aliphatic heterocycles. The van der Waals surface area contributed by atoms with Gasteiger partial charge in [-0.3, -0.25) is 28.9 Å². The summed E-state index contributed by atoms with van der Waals surface area (Å²) in [7, 11) is 3.84. The van der Waals surface area contributed by atoms with E-state index < -0.39 is 12.0 Å². The highest BCUT2D eigenvalue weighted by Gasteiger charge is 2.34. The summed E-state index contributed by atoms with van der Waals surface area (Å²) in [6.45, 7) is 7.93. The molecule has 0 bridgehead atoms. The number of carbonyl (C=O) groups is 3. The zero-order valence-electron chi connectivity index (χ0n) is 31.7. The molecule has 1 unspecified atom stereocenters. The van der Waals surface area contributed by atoms with Crippen molar-refractivity contribution in [2.45, 2.75) is 63.8 Å². The Balaban J connectivity index is 1.03. The van der Waals surface area contributed by atoms with Gasteiger partial charge in [0.25, 0.3) is 5.56 Å². The number of piperazine rings is 1. The van der Waals surface area contributed by atoms with Crippen molar-refractivity contribution in [1.29, 1.82) is 0 Å². The van der Waals surface area contributed by atoms with Crippen LogP contribution in [0.1, 0.15) is 48.3 Å². The van der Waals surface area contributed by atoms with Crippen molar-refractivity contribution < 1.29 is 19.1 Å². The van der Waals surface area contributed by atoms with E-state index >= 15 is 0 Å². The Morgan fingerprint density at radius 3 is 2.41 bits per heavy atom. The van der Waals surface area contributed by atoms with Crippen LogP contribution >= 0.6 is 0 Å². The standard InChI is InChI=1S/C40H53N9O5/c1-27-20-28(21-31-24-42-44-37(27)31)22-34(39(52)47-18-16-46(17-19-47)32-10-12-45(3)13-11-32)43-40(53)48-14-8-29(9-15-48)33-23-30-6-4-5-7-35(30)49(38(33)51)26-54-36(50)25-41-2/h4-7,20-21,23-24,29,32,34,41H,8-19,22,25-26H2,1-3H3,(H,42,44)(H,43,53). The van der Waals surface area contributed by atoms with Crippen molar-refractivity contribution >= 4 is 39.7 Å². The molecular weight excluding hydrogens is 686 g/mol. The second-order valence-electron chi connectivity index (χ2n) is 15.2. The minimum absolute atomic E-state index is 0.0494. The van der Waals surface area contributed by atoms with E-state index in [4.69, 9.17) is 4.74 Å². The van der Waals surface area contributed by atoms with E-state index in [9.17, 15) is 19.2 Å². The maximum absolute atomic E-state index is 14.3. The van der Waals surface area contributed by atoms with Crippen molar-refractivity contribution in [2.75, 3.05) is 73.0 Å². The third kappa shape index (κ3) is 8.30. The van der Waals surface area contributed by atoms with E-state index in [1.54, 1.807) is 18.1 Å². The average molecular weight is 740 g/mol. The van der Waals surface area contributed by atoms with Crippen molar-refractivity contribution in [1.82, 2.24) is 45.0 Å². The number of H-pyrrole nitrogens is 1. The second kappa shape index (κ2) is 16.7. The molecule has 4 aromatic rings. The molecule has 2 aromatic heterocycles. The second-order valence-corrected chi connectivity index (χ2v) is 15.2. The zero-order valence-corrected chi connectivity index (χ0v) is 31.7. The number of hydrogen-bond acceptors (Lipinski definition) is 9. The van der Waals surface area contributed by atoms with E-state index in [-0.39, 0.29) is 36.7 Å². The predicted molar refractivity (Wildman–Crippen MR) is 207 cm³/mol. The number of rotatable bonds is 10. The molecule has 14 heteroatoms. The van der Waals surface area contributed by atoms with E-state index in [0.717, 1.165) is 66.4 Å². The minimum atomic E-state index is -0.729. The van der Waals surface area contributed by atoms with Gasteiger partial charge < -0.3 is 30.1 Å². The first kappa shape index (κ1) is 37.5. The average Bonchev–Trinajstić information content (AvgIpc) is 3.67. The van der Waals surface area contributed by atoms with Crippen molar-refractivity contribution in [3.05, 3.63) is 75.7 Å². The molecule has 7 rings (SSSR count).